The van der Waals surface area contributed by atoms with Crippen LogP contribution in [0.4, 0.5) is 11.4 Å². The van der Waals surface area contributed by atoms with E-state index in [1.807, 2.05) is 146 Å². The summed E-state index contributed by atoms with van der Waals surface area (Å²) in [6, 6.07) is 99.1. The second-order valence-electron chi connectivity index (χ2n) is 21.6. The van der Waals surface area contributed by atoms with Crippen LogP contribution in [0.1, 0.15) is 11.1 Å². The van der Waals surface area contributed by atoms with E-state index in [4.69, 9.17) is 23.1 Å². The molecule has 15 aromatic rings. The zero-order chi connectivity index (χ0) is 59.2. The van der Waals surface area contributed by atoms with Gasteiger partial charge in [-0.2, -0.15) is 10.5 Å². The normalized spacial score (nSPS) is 11.1. The largest absolute Gasteiger partial charge is 0.309 e. The molecule has 0 saturated carbocycles. The molecule has 0 unspecified atom stereocenters. The molecule has 0 radical (unpaired) electrons. The Balaban J connectivity index is 1.06. The first kappa shape index (κ1) is 52.1. The molecule has 0 aliphatic carbocycles. The molecule has 0 aliphatic rings. The highest BCUT2D eigenvalue weighted by Crippen LogP contribution is 2.48. The van der Waals surface area contributed by atoms with Crippen LogP contribution in [0.25, 0.3) is 154 Å². The fourth-order valence-electron chi connectivity index (χ4n) is 12.7. The Labute approximate surface area is 507 Å². The topological polar surface area (TPSA) is 91.9 Å². The number of rotatable bonds is 10. The minimum absolute atomic E-state index is 0.563. The molecule has 88 heavy (non-hydrogen) atoms. The smallest absolute Gasteiger partial charge is 0.194 e. The van der Waals surface area contributed by atoms with E-state index in [1.54, 1.807) is 0 Å². The van der Waals surface area contributed by atoms with Crippen LogP contribution >= 0.6 is 0 Å². The Bertz CT molecular complexity index is 5220. The van der Waals surface area contributed by atoms with Crippen molar-refractivity contribution in [2.75, 3.05) is 0 Å². The fourth-order valence-corrected chi connectivity index (χ4v) is 12.7. The van der Waals surface area contributed by atoms with Crippen molar-refractivity contribution >= 4 is 55.0 Å². The highest BCUT2D eigenvalue weighted by molar-refractivity contribution is 6.15. The number of fused-ring (bicyclic) bond motifs is 6. The number of hydrogen-bond acceptors (Lipinski definition) is 4. The first-order valence-electron chi connectivity index (χ1n) is 28.8. The zero-order valence-electron chi connectivity index (χ0n) is 47.1. The number of nitriles is 2. The first-order chi connectivity index (χ1) is 43.5. The van der Waals surface area contributed by atoms with Crippen LogP contribution in [-0.2, 0) is 0 Å². The summed E-state index contributed by atoms with van der Waals surface area (Å²) in [6.45, 7) is 16.3. The standard InChI is InChI=1S/C80H46N8/c1-83-69-32-16-13-28-61(69)55-38-42-75-67(46-55)65-44-53(59-26-11-9-24-57(59)49-81)36-40-74(65)87(75)73-34-18-15-30-64(73)79-63(72-48-71(51-20-5-3-6-21-51)85-80(86-72)52-22-7-4-8-23-52)31-19-35-78(79)88-76-41-37-54(60-27-12-10-25-58(60)50-82)45-66(76)68-47-56(39-43-77(68)88)62-29-14-17-33-70(62)84-2/h3-48H. The molecule has 3 aromatic heterocycles. The van der Waals surface area contributed by atoms with Crippen molar-refractivity contribution in [2.45, 2.75) is 0 Å². The molecular weight excluding hydrogens is 1070 g/mol. The lowest BCUT2D eigenvalue weighted by molar-refractivity contribution is 1.15. The minimum atomic E-state index is 0.563. The van der Waals surface area contributed by atoms with Crippen molar-refractivity contribution in [2.24, 2.45) is 0 Å². The van der Waals surface area contributed by atoms with Crippen LogP contribution in [-0.4, -0.2) is 19.1 Å². The molecule has 0 N–H and O–H groups in total. The third-order valence-electron chi connectivity index (χ3n) is 16.7. The van der Waals surface area contributed by atoms with Crippen LogP contribution < -0.4 is 0 Å². The lowest BCUT2D eigenvalue weighted by atomic mass is 9.93. The van der Waals surface area contributed by atoms with Gasteiger partial charge in [0.2, 0.25) is 0 Å². The van der Waals surface area contributed by atoms with E-state index in [9.17, 15) is 10.5 Å². The highest BCUT2D eigenvalue weighted by atomic mass is 15.0. The number of benzene rings is 12. The molecule has 0 saturated heterocycles. The van der Waals surface area contributed by atoms with Gasteiger partial charge in [0.05, 0.1) is 81.2 Å². The van der Waals surface area contributed by atoms with Crippen molar-refractivity contribution in [1.29, 1.82) is 10.5 Å². The van der Waals surface area contributed by atoms with Gasteiger partial charge in [0.1, 0.15) is 0 Å². The number of aromatic nitrogens is 4. The summed E-state index contributed by atoms with van der Waals surface area (Å²) in [5, 5.41) is 24.7. The molecule has 8 heteroatoms. The van der Waals surface area contributed by atoms with Gasteiger partial charge in [-0.1, -0.05) is 200 Å². The van der Waals surface area contributed by atoms with Crippen molar-refractivity contribution in [3.8, 4) is 113 Å². The molecule has 406 valence electrons. The van der Waals surface area contributed by atoms with Crippen LogP contribution in [0.2, 0.25) is 0 Å². The van der Waals surface area contributed by atoms with Crippen molar-refractivity contribution < 1.29 is 0 Å². The Hall–Kier alpha value is -12.7. The molecule has 0 spiro atoms. The molecule has 0 bridgehead atoms. The summed E-state index contributed by atoms with van der Waals surface area (Å²) < 4.78 is 4.70. The lowest BCUT2D eigenvalue weighted by Crippen LogP contribution is -2.04. The van der Waals surface area contributed by atoms with E-state index in [1.165, 1.54) is 0 Å². The fraction of sp³-hybridized carbons (Fsp3) is 0. The average Bonchev–Trinajstić information content (AvgIpc) is 1.57. The van der Waals surface area contributed by atoms with Gasteiger partial charge in [-0.25, -0.2) is 19.7 Å². The molecule has 12 aromatic carbocycles. The molecule has 0 fully saturated rings. The van der Waals surface area contributed by atoms with Gasteiger partial charge in [0.25, 0.3) is 0 Å². The van der Waals surface area contributed by atoms with E-state index in [0.29, 0.717) is 28.3 Å². The molecule has 3 heterocycles. The van der Waals surface area contributed by atoms with Crippen LogP contribution in [0.15, 0.2) is 279 Å². The predicted octanol–water partition coefficient (Wildman–Crippen LogP) is 20.9. The molecule has 0 amide bonds. The quantitative estimate of drug-likeness (QED) is 0.128. The van der Waals surface area contributed by atoms with Gasteiger partial charge in [0.15, 0.2) is 17.2 Å². The monoisotopic (exact) mass is 1120 g/mol. The minimum Gasteiger partial charge on any atom is -0.309 e. The van der Waals surface area contributed by atoms with E-state index in [0.717, 1.165) is 139 Å². The van der Waals surface area contributed by atoms with Gasteiger partial charge in [0, 0.05) is 49.4 Å². The predicted molar refractivity (Wildman–Crippen MR) is 356 cm³/mol. The van der Waals surface area contributed by atoms with Crippen molar-refractivity contribution in [3.05, 3.63) is 313 Å². The highest BCUT2D eigenvalue weighted by Gasteiger charge is 2.26. The summed E-state index contributed by atoms with van der Waals surface area (Å²) in [7, 11) is 0. The van der Waals surface area contributed by atoms with E-state index >= 15 is 0 Å². The Kier molecular flexibility index (Phi) is 12.9. The lowest BCUT2D eigenvalue weighted by Gasteiger charge is -2.22. The third-order valence-corrected chi connectivity index (χ3v) is 16.7. The maximum Gasteiger partial charge on any atom is 0.194 e. The van der Waals surface area contributed by atoms with E-state index in [-0.39, 0.29) is 0 Å². The number of nitrogens with zero attached hydrogens (tertiary/aromatic N) is 8. The van der Waals surface area contributed by atoms with Gasteiger partial charge in [-0.3, -0.25) is 0 Å². The SMILES string of the molecule is [C-]#[N+]c1ccccc1-c1ccc2c(c1)c1cc(-c3ccccc3C#N)ccc1n2-c1ccccc1-c1c(-c2cc(-c3ccccc3)nc(-c3ccccc3)n2)cccc1-n1c2ccc(-c3ccccc3C#N)cc2c2cc(-c3ccccc3[N+]#[C-])ccc21. The number of para-hydroxylation sites is 3. The van der Waals surface area contributed by atoms with Gasteiger partial charge >= 0.3 is 0 Å². The number of hydrogen-bond donors (Lipinski definition) is 0. The van der Waals surface area contributed by atoms with E-state index in [2.05, 4.69) is 164 Å². The second-order valence-corrected chi connectivity index (χ2v) is 21.6. The van der Waals surface area contributed by atoms with Crippen LogP contribution in [0, 0.1) is 35.8 Å². The Morgan fingerprint density at radius 2 is 0.682 bits per heavy atom. The third kappa shape index (κ3) is 8.83. The van der Waals surface area contributed by atoms with Crippen LogP contribution in [0.3, 0.4) is 0 Å². The molecule has 8 nitrogen and oxygen atoms in total. The van der Waals surface area contributed by atoms with Crippen molar-refractivity contribution in [3.63, 3.8) is 0 Å². The molecule has 0 atom stereocenters. The van der Waals surface area contributed by atoms with Gasteiger partial charge < -0.3 is 9.13 Å². The van der Waals surface area contributed by atoms with Gasteiger partial charge in [-0.15, -0.1) is 0 Å². The Morgan fingerprint density at radius 3 is 1.17 bits per heavy atom. The summed E-state index contributed by atoms with van der Waals surface area (Å²) in [5.41, 5.74) is 20.9. The molecular formula is C80H46N8. The summed E-state index contributed by atoms with van der Waals surface area (Å²) in [5.74, 6) is 0.586. The second kappa shape index (κ2) is 21.8. The Morgan fingerprint density at radius 1 is 0.307 bits per heavy atom. The summed E-state index contributed by atoms with van der Waals surface area (Å²) in [4.78, 5) is 18.7. The van der Waals surface area contributed by atoms with Crippen LogP contribution in [0.5, 0.6) is 0 Å². The molecule has 0 aliphatic heterocycles. The summed E-state index contributed by atoms with van der Waals surface area (Å²) >= 11 is 0. The van der Waals surface area contributed by atoms with E-state index < -0.39 is 0 Å². The maximum absolute atomic E-state index is 10.4. The summed E-state index contributed by atoms with van der Waals surface area (Å²) in [6.07, 6.45) is 0. The van der Waals surface area contributed by atoms with Crippen molar-refractivity contribution in [1.82, 2.24) is 19.1 Å². The maximum atomic E-state index is 10.4. The first-order valence-corrected chi connectivity index (χ1v) is 28.8. The zero-order valence-corrected chi connectivity index (χ0v) is 47.1. The molecule has 15 rings (SSSR count). The van der Waals surface area contributed by atoms with Gasteiger partial charge in [-0.05, 0) is 123 Å². The average molecular weight is 1120 g/mol.